The molecule has 0 bridgehead atoms. The van der Waals surface area contributed by atoms with Gasteiger partial charge in [0.15, 0.2) is 0 Å². The van der Waals surface area contributed by atoms with Crippen molar-refractivity contribution in [1.82, 2.24) is 14.8 Å². The van der Waals surface area contributed by atoms with Crippen LogP contribution in [-0.4, -0.2) is 14.8 Å². The third-order valence-corrected chi connectivity index (χ3v) is 3.25. The standard InChI is InChI=1S/C14H17N3/c1-10-5-4-6-12(15-10)13-7-11-8-14(2,3)9-17(11)16-13/h4-7H,8-9H2,1-3H3. The molecule has 2 aromatic rings. The molecular formula is C14H17N3. The first-order chi connectivity index (χ1) is 8.03. The van der Waals surface area contributed by atoms with E-state index in [1.165, 1.54) is 5.69 Å². The molecule has 3 heterocycles. The van der Waals surface area contributed by atoms with E-state index >= 15 is 0 Å². The summed E-state index contributed by atoms with van der Waals surface area (Å²) in [5, 5.41) is 4.65. The Labute approximate surface area is 101 Å². The minimum Gasteiger partial charge on any atom is -0.268 e. The lowest BCUT2D eigenvalue weighted by Gasteiger charge is -2.14. The zero-order valence-corrected chi connectivity index (χ0v) is 10.6. The van der Waals surface area contributed by atoms with E-state index in [2.05, 4.69) is 34.7 Å². The molecule has 88 valence electrons. The highest BCUT2D eigenvalue weighted by Crippen LogP contribution is 2.33. The minimum absolute atomic E-state index is 0.348. The SMILES string of the molecule is Cc1cccc(-c2cc3n(n2)CC(C)(C)C3)n1. The van der Waals surface area contributed by atoms with Crippen LogP contribution >= 0.6 is 0 Å². The molecule has 1 aliphatic rings. The van der Waals surface area contributed by atoms with Gasteiger partial charge in [0.2, 0.25) is 0 Å². The average Bonchev–Trinajstić information content (AvgIpc) is 2.71. The van der Waals surface area contributed by atoms with Crippen molar-refractivity contribution in [3.05, 3.63) is 35.7 Å². The fourth-order valence-corrected chi connectivity index (χ4v) is 2.50. The van der Waals surface area contributed by atoms with Gasteiger partial charge in [0.05, 0.1) is 5.69 Å². The fourth-order valence-electron chi connectivity index (χ4n) is 2.50. The first-order valence-corrected chi connectivity index (χ1v) is 6.04. The maximum atomic E-state index is 4.65. The van der Waals surface area contributed by atoms with Gasteiger partial charge in [0.25, 0.3) is 0 Å². The minimum atomic E-state index is 0.348. The molecule has 3 heteroatoms. The Morgan fingerprint density at radius 2 is 2.06 bits per heavy atom. The Hall–Kier alpha value is -1.64. The van der Waals surface area contributed by atoms with E-state index in [0.717, 1.165) is 30.0 Å². The smallest absolute Gasteiger partial charge is 0.111 e. The van der Waals surface area contributed by atoms with E-state index in [0.29, 0.717) is 5.41 Å². The second kappa shape index (κ2) is 3.42. The van der Waals surface area contributed by atoms with Crippen LogP contribution < -0.4 is 0 Å². The molecule has 0 unspecified atom stereocenters. The van der Waals surface area contributed by atoms with Gasteiger partial charge in [-0.05, 0) is 37.0 Å². The van der Waals surface area contributed by atoms with Crippen molar-refractivity contribution in [2.75, 3.05) is 0 Å². The van der Waals surface area contributed by atoms with Gasteiger partial charge in [-0.2, -0.15) is 5.10 Å². The highest BCUT2D eigenvalue weighted by atomic mass is 15.3. The predicted molar refractivity (Wildman–Crippen MR) is 67.7 cm³/mol. The van der Waals surface area contributed by atoms with Crippen molar-refractivity contribution in [3.8, 4) is 11.4 Å². The summed E-state index contributed by atoms with van der Waals surface area (Å²) in [6.07, 6.45) is 1.10. The van der Waals surface area contributed by atoms with Crippen LogP contribution in [0.15, 0.2) is 24.3 Å². The van der Waals surface area contributed by atoms with Crippen molar-refractivity contribution in [2.45, 2.75) is 33.7 Å². The van der Waals surface area contributed by atoms with Gasteiger partial charge in [0.1, 0.15) is 5.69 Å². The summed E-state index contributed by atoms with van der Waals surface area (Å²) in [6.45, 7) is 7.59. The second-order valence-electron chi connectivity index (χ2n) is 5.68. The molecule has 17 heavy (non-hydrogen) atoms. The molecule has 0 aromatic carbocycles. The summed E-state index contributed by atoms with van der Waals surface area (Å²) in [5.41, 5.74) is 4.69. The van der Waals surface area contributed by atoms with Gasteiger partial charge in [-0.25, -0.2) is 0 Å². The van der Waals surface area contributed by atoms with Gasteiger partial charge < -0.3 is 0 Å². The molecule has 0 N–H and O–H groups in total. The maximum Gasteiger partial charge on any atom is 0.111 e. The Bertz CT molecular complexity index is 541. The molecule has 2 aromatic heterocycles. The van der Waals surface area contributed by atoms with Gasteiger partial charge in [0, 0.05) is 17.9 Å². The number of aromatic nitrogens is 3. The van der Waals surface area contributed by atoms with Crippen LogP contribution in [0.3, 0.4) is 0 Å². The molecule has 0 spiro atoms. The maximum absolute atomic E-state index is 4.65. The van der Waals surface area contributed by atoms with Gasteiger partial charge >= 0.3 is 0 Å². The summed E-state index contributed by atoms with van der Waals surface area (Å²) >= 11 is 0. The topological polar surface area (TPSA) is 30.7 Å². The molecule has 0 fully saturated rings. The largest absolute Gasteiger partial charge is 0.268 e. The zero-order valence-electron chi connectivity index (χ0n) is 10.6. The zero-order chi connectivity index (χ0) is 12.0. The summed E-state index contributed by atoms with van der Waals surface area (Å²) in [4.78, 5) is 4.52. The second-order valence-corrected chi connectivity index (χ2v) is 5.68. The van der Waals surface area contributed by atoms with Crippen molar-refractivity contribution >= 4 is 0 Å². The number of pyridine rings is 1. The van der Waals surface area contributed by atoms with Crippen LogP contribution in [0.5, 0.6) is 0 Å². The molecule has 0 saturated heterocycles. The molecule has 3 nitrogen and oxygen atoms in total. The summed E-state index contributed by atoms with van der Waals surface area (Å²) in [5.74, 6) is 0. The Morgan fingerprint density at radius 1 is 1.24 bits per heavy atom. The number of rotatable bonds is 1. The molecule has 0 radical (unpaired) electrons. The summed E-state index contributed by atoms with van der Waals surface area (Å²) < 4.78 is 2.12. The number of aryl methyl sites for hydroxylation is 1. The Morgan fingerprint density at radius 3 is 2.76 bits per heavy atom. The number of fused-ring (bicyclic) bond motifs is 1. The van der Waals surface area contributed by atoms with E-state index in [1.807, 2.05) is 25.1 Å². The fraction of sp³-hybridized carbons (Fsp3) is 0.429. The number of hydrogen-bond acceptors (Lipinski definition) is 2. The average molecular weight is 227 g/mol. The lowest BCUT2D eigenvalue weighted by Crippen LogP contribution is -2.13. The van der Waals surface area contributed by atoms with Crippen LogP contribution in [0.4, 0.5) is 0 Å². The molecule has 0 atom stereocenters. The lowest BCUT2D eigenvalue weighted by atomic mass is 9.91. The van der Waals surface area contributed by atoms with E-state index in [9.17, 15) is 0 Å². The van der Waals surface area contributed by atoms with Crippen LogP contribution in [0, 0.1) is 12.3 Å². The molecule has 0 amide bonds. The van der Waals surface area contributed by atoms with Crippen molar-refractivity contribution < 1.29 is 0 Å². The third-order valence-electron chi connectivity index (χ3n) is 3.25. The Kier molecular flexibility index (Phi) is 2.12. The van der Waals surface area contributed by atoms with Crippen LogP contribution in [-0.2, 0) is 13.0 Å². The predicted octanol–water partition coefficient (Wildman–Crippen LogP) is 2.84. The number of hydrogen-bond donors (Lipinski definition) is 0. The van der Waals surface area contributed by atoms with E-state index in [-0.39, 0.29) is 0 Å². The van der Waals surface area contributed by atoms with Crippen LogP contribution in [0.1, 0.15) is 25.2 Å². The van der Waals surface area contributed by atoms with Crippen molar-refractivity contribution in [2.24, 2.45) is 5.41 Å². The molecule has 1 aliphatic heterocycles. The first kappa shape index (κ1) is 10.5. The van der Waals surface area contributed by atoms with E-state index < -0.39 is 0 Å². The first-order valence-electron chi connectivity index (χ1n) is 6.04. The van der Waals surface area contributed by atoms with Crippen LogP contribution in [0.2, 0.25) is 0 Å². The Balaban J connectivity index is 1.98. The molecular weight excluding hydrogens is 210 g/mol. The third kappa shape index (κ3) is 1.86. The quantitative estimate of drug-likeness (QED) is 0.750. The molecule has 0 saturated carbocycles. The van der Waals surface area contributed by atoms with Crippen LogP contribution in [0.25, 0.3) is 11.4 Å². The number of nitrogens with zero attached hydrogens (tertiary/aromatic N) is 3. The van der Waals surface area contributed by atoms with Gasteiger partial charge in [-0.3, -0.25) is 9.67 Å². The monoisotopic (exact) mass is 227 g/mol. The lowest BCUT2D eigenvalue weighted by molar-refractivity contribution is 0.347. The van der Waals surface area contributed by atoms with Gasteiger partial charge in [-0.15, -0.1) is 0 Å². The van der Waals surface area contributed by atoms with E-state index in [4.69, 9.17) is 0 Å². The molecule has 0 aliphatic carbocycles. The summed E-state index contributed by atoms with van der Waals surface area (Å²) in [6, 6.07) is 8.25. The highest BCUT2D eigenvalue weighted by molar-refractivity contribution is 5.54. The molecule has 3 rings (SSSR count). The van der Waals surface area contributed by atoms with Crippen molar-refractivity contribution in [1.29, 1.82) is 0 Å². The summed E-state index contributed by atoms with van der Waals surface area (Å²) in [7, 11) is 0. The van der Waals surface area contributed by atoms with Crippen molar-refractivity contribution in [3.63, 3.8) is 0 Å². The van der Waals surface area contributed by atoms with E-state index in [1.54, 1.807) is 0 Å². The normalized spacial score (nSPS) is 17.1. The van der Waals surface area contributed by atoms with Gasteiger partial charge in [-0.1, -0.05) is 19.9 Å². The highest BCUT2D eigenvalue weighted by Gasteiger charge is 2.30.